The number of amides is 1. The third kappa shape index (κ3) is 3.33. The predicted molar refractivity (Wildman–Crippen MR) is 94.9 cm³/mol. The maximum absolute atomic E-state index is 12.2. The van der Waals surface area contributed by atoms with Crippen LogP contribution in [-0.2, 0) is 4.79 Å². The molecular weight excluding hydrogens is 350 g/mol. The van der Waals surface area contributed by atoms with E-state index in [0.717, 1.165) is 42.0 Å². The topological polar surface area (TPSA) is 86.5 Å². The molecule has 4 rings (SSSR count). The maximum Gasteiger partial charge on any atom is 0.231 e. The second-order valence-corrected chi connectivity index (χ2v) is 6.72. The van der Waals surface area contributed by atoms with E-state index in [4.69, 9.17) is 15.2 Å². The average molecular weight is 368 g/mol. The highest BCUT2D eigenvalue weighted by atomic mass is 35.5. The minimum Gasteiger partial charge on any atom is -0.454 e. The molecule has 0 radical (unpaired) electrons. The lowest BCUT2D eigenvalue weighted by atomic mass is 10.1. The van der Waals surface area contributed by atoms with Gasteiger partial charge in [-0.05, 0) is 37.5 Å². The molecule has 1 fully saturated rings. The minimum absolute atomic E-state index is 0. The fraction of sp³-hybridized carbons (Fsp3) is 0.375. The minimum atomic E-state index is 0. The zero-order chi connectivity index (χ0) is 15.8. The summed E-state index contributed by atoms with van der Waals surface area (Å²) in [7, 11) is 0. The third-order valence-corrected chi connectivity index (χ3v) is 5.00. The molecule has 2 aliphatic rings. The number of benzene rings is 1. The maximum atomic E-state index is 12.2. The van der Waals surface area contributed by atoms with Gasteiger partial charge < -0.3 is 20.5 Å². The number of rotatable bonds is 3. The number of carbonyl (C=O) groups excluding carboxylic acids is 1. The largest absolute Gasteiger partial charge is 0.454 e. The first-order valence-corrected chi connectivity index (χ1v) is 8.49. The standard InChI is InChI=1S/C16H17N3O3S.ClH/c17-11-3-1-10(5-11)15(20)19-16-18-12(7-23-16)9-2-4-13-14(6-9)22-8-21-13;/h2,4,6-7,10-11H,1,3,5,8,17H2,(H,18,19,20);1H. The number of halogens is 1. The fourth-order valence-electron chi connectivity index (χ4n) is 2.98. The number of anilines is 1. The molecule has 0 spiro atoms. The van der Waals surface area contributed by atoms with Crippen molar-refractivity contribution < 1.29 is 14.3 Å². The molecule has 128 valence electrons. The summed E-state index contributed by atoms with van der Waals surface area (Å²) in [5.41, 5.74) is 7.62. The molecule has 3 N–H and O–H groups in total. The van der Waals surface area contributed by atoms with E-state index in [1.807, 2.05) is 23.6 Å². The number of nitrogens with one attached hydrogen (secondary N) is 1. The van der Waals surface area contributed by atoms with Crippen molar-refractivity contribution in [1.29, 1.82) is 0 Å². The van der Waals surface area contributed by atoms with Crippen molar-refractivity contribution in [1.82, 2.24) is 4.98 Å². The number of aromatic nitrogens is 1. The number of thiazole rings is 1. The molecule has 0 bridgehead atoms. The Labute approximate surface area is 149 Å². The van der Waals surface area contributed by atoms with Crippen LogP contribution in [0.25, 0.3) is 11.3 Å². The van der Waals surface area contributed by atoms with Crippen molar-refractivity contribution in [2.45, 2.75) is 25.3 Å². The highest BCUT2D eigenvalue weighted by molar-refractivity contribution is 7.14. The van der Waals surface area contributed by atoms with E-state index in [2.05, 4.69) is 10.3 Å². The van der Waals surface area contributed by atoms with Gasteiger partial charge in [-0.15, -0.1) is 23.7 Å². The van der Waals surface area contributed by atoms with Crippen LogP contribution < -0.4 is 20.5 Å². The van der Waals surface area contributed by atoms with Gasteiger partial charge in [-0.3, -0.25) is 4.79 Å². The van der Waals surface area contributed by atoms with Crippen molar-refractivity contribution in [2.75, 3.05) is 12.1 Å². The zero-order valence-corrected chi connectivity index (χ0v) is 14.5. The molecule has 8 heteroatoms. The number of nitrogens with zero attached hydrogens (tertiary/aromatic N) is 1. The van der Waals surface area contributed by atoms with Crippen molar-refractivity contribution in [3.63, 3.8) is 0 Å². The fourth-order valence-corrected chi connectivity index (χ4v) is 3.70. The average Bonchev–Trinajstić information content (AvgIpc) is 3.26. The van der Waals surface area contributed by atoms with Crippen LogP contribution in [0.2, 0.25) is 0 Å². The van der Waals surface area contributed by atoms with Gasteiger partial charge in [0.1, 0.15) is 0 Å². The number of hydrogen-bond acceptors (Lipinski definition) is 6. The van der Waals surface area contributed by atoms with Crippen LogP contribution in [0.1, 0.15) is 19.3 Å². The number of carbonyl (C=O) groups is 1. The summed E-state index contributed by atoms with van der Waals surface area (Å²) >= 11 is 1.42. The van der Waals surface area contributed by atoms with Crippen LogP contribution in [0.5, 0.6) is 11.5 Å². The van der Waals surface area contributed by atoms with E-state index in [-0.39, 0.29) is 37.1 Å². The van der Waals surface area contributed by atoms with Crippen LogP contribution in [0.4, 0.5) is 5.13 Å². The second-order valence-electron chi connectivity index (χ2n) is 5.87. The lowest BCUT2D eigenvalue weighted by Crippen LogP contribution is -2.23. The summed E-state index contributed by atoms with van der Waals surface area (Å²) in [5, 5.41) is 5.44. The summed E-state index contributed by atoms with van der Waals surface area (Å²) < 4.78 is 10.7. The molecule has 2 unspecified atom stereocenters. The quantitative estimate of drug-likeness (QED) is 0.870. The van der Waals surface area contributed by atoms with Crippen LogP contribution in [0.3, 0.4) is 0 Å². The normalized spacial score (nSPS) is 21.4. The Morgan fingerprint density at radius 1 is 1.29 bits per heavy atom. The molecular formula is C16H18ClN3O3S. The van der Waals surface area contributed by atoms with Crippen LogP contribution in [0, 0.1) is 5.92 Å². The summed E-state index contributed by atoms with van der Waals surface area (Å²) in [4.78, 5) is 16.7. The van der Waals surface area contributed by atoms with Gasteiger partial charge in [0.15, 0.2) is 16.6 Å². The molecule has 1 aliphatic heterocycles. The van der Waals surface area contributed by atoms with Crippen LogP contribution >= 0.6 is 23.7 Å². The summed E-state index contributed by atoms with van der Waals surface area (Å²) in [6.45, 7) is 0.251. The monoisotopic (exact) mass is 367 g/mol. The SMILES string of the molecule is Cl.NC1CCC(C(=O)Nc2nc(-c3ccc4c(c3)OCO4)cs2)C1. The first-order chi connectivity index (χ1) is 11.2. The third-order valence-electron chi connectivity index (χ3n) is 4.25. The van der Waals surface area contributed by atoms with Crippen LogP contribution in [0.15, 0.2) is 23.6 Å². The Morgan fingerprint density at radius 2 is 2.12 bits per heavy atom. The van der Waals surface area contributed by atoms with Gasteiger partial charge in [0.05, 0.1) is 5.69 Å². The first kappa shape index (κ1) is 17.0. The summed E-state index contributed by atoms with van der Waals surface area (Å²) in [5.74, 6) is 1.49. The van der Waals surface area contributed by atoms with E-state index >= 15 is 0 Å². The van der Waals surface area contributed by atoms with Gasteiger partial charge in [-0.1, -0.05) is 0 Å². The van der Waals surface area contributed by atoms with Gasteiger partial charge in [0, 0.05) is 22.9 Å². The van der Waals surface area contributed by atoms with Gasteiger partial charge in [-0.25, -0.2) is 4.98 Å². The first-order valence-electron chi connectivity index (χ1n) is 7.61. The van der Waals surface area contributed by atoms with E-state index in [9.17, 15) is 4.79 Å². The van der Waals surface area contributed by atoms with E-state index < -0.39 is 0 Å². The Kier molecular flexibility index (Phi) is 4.93. The van der Waals surface area contributed by atoms with Gasteiger partial charge in [0.25, 0.3) is 0 Å². The Bertz CT molecular complexity index is 752. The number of nitrogens with two attached hydrogens (primary N) is 1. The molecule has 0 saturated heterocycles. The number of ether oxygens (including phenoxy) is 2. The molecule has 2 aromatic rings. The van der Waals surface area contributed by atoms with Crippen molar-refractivity contribution >= 4 is 34.8 Å². The molecule has 2 heterocycles. The summed E-state index contributed by atoms with van der Waals surface area (Å²) in [6.07, 6.45) is 2.53. The molecule has 6 nitrogen and oxygen atoms in total. The lowest BCUT2D eigenvalue weighted by Gasteiger charge is -2.08. The zero-order valence-electron chi connectivity index (χ0n) is 12.9. The molecule has 1 aromatic carbocycles. The van der Waals surface area contributed by atoms with E-state index in [1.54, 1.807) is 0 Å². The predicted octanol–water partition coefficient (Wildman–Crippen LogP) is 3.03. The molecule has 2 atom stereocenters. The number of fused-ring (bicyclic) bond motifs is 1. The van der Waals surface area contributed by atoms with Crippen LogP contribution in [-0.4, -0.2) is 23.7 Å². The van der Waals surface area contributed by atoms with E-state index in [1.165, 1.54) is 11.3 Å². The molecule has 1 aliphatic carbocycles. The highest BCUT2D eigenvalue weighted by Gasteiger charge is 2.28. The summed E-state index contributed by atoms with van der Waals surface area (Å²) in [6, 6.07) is 5.85. The van der Waals surface area contributed by atoms with Crippen molar-refractivity contribution in [3.05, 3.63) is 23.6 Å². The van der Waals surface area contributed by atoms with E-state index in [0.29, 0.717) is 5.13 Å². The smallest absolute Gasteiger partial charge is 0.231 e. The molecule has 1 amide bonds. The lowest BCUT2D eigenvalue weighted by molar-refractivity contribution is -0.119. The molecule has 24 heavy (non-hydrogen) atoms. The Balaban J connectivity index is 0.00000169. The Morgan fingerprint density at radius 3 is 2.92 bits per heavy atom. The highest BCUT2D eigenvalue weighted by Crippen LogP contribution is 2.36. The molecule has 1 aromatic heterocycles. The van der Waals surface area contributed by atoms with Crippen molar-refractivity contribution in [2.24, 2.45) is 11.7 Å². The Hall–Kier alpha value is -1.83. The molecule has 1 saturated carbocycles. The van der Waals surface area contributed by atoms with Crippen molar-refractivity contribution in [3.8, 4) is 22.8 Å². The van der Waals surface area contributed by atoms with Gasteiger partial charge in [0.2, 0.25) is 12.7 Å². The number of hydrogen-bond donors (Lipinski definition) is 2. The second kappa shape index (κ2) is 6.96. The van der Waals surface area contributed by atoms with Gasteiger partial charge >= 0.3 is 0 Å². The van der Waals surface area contributed by atoms with Gasteiger partial charge in [-0.2, -0.15) is 0 Å².